The molecule has 0 fully saturated rings. The Morgan fingerprint density at radius 1 is 1.23 bits per heavy atom. The maximum atomic E-state index is 12.5. The Morgan fingerprint density at radius 3 is 2.45 bits per heavy atom. The number of thioether (sulfide) groups is 1. The molecule has 1 amide bonds. The molecule has 0 aliphatic carbocycles. The van der Waals surface area contributed by atoms with Gasteiger partial charge in [-0.05, 0) is 57.9 Å². The molecule has 0 bridgehead atoms. The van der Waals surface area contributed by atoms with Crippen LogP contribution >= 0.6 is 35.0 Å². The van der Waals surface area contributed by atoms with Gasteiger partial charge in [0.15, 0.2) is 0 Å². The molecule has 0 aliphatic rings. The zero-order chi connectivity index (χ0) is 16.7. The highest BCUT2D eigenvalue weighted by atomic mass is 35.5. The SMILES string of the molecule is CSC(C)C(=O)N(CCCN(C)C)Cc1ccc(Cl)c(Cl)c1. The van der Waals surface area contributed by atoms with Crippen molar-refractivity contribution >= 4 is 40.9 Å². The summed E-state index contributed by atoms with van der Waals surface area (Å²) in [6.07, 6.45) is 2.90. The van der Waals surface area contributed by atoms with E-state index in [-0.39, 0.29) is 11.2 Å². The molecule has 0 aliphatic heterocycles. The van der Waals surface area contributed by atoms with E-state index < -0.39 is 0 Å². The molecule has 1 aromatic carbocycles. The second-order valence-electron chi connectivity index (χ2n) is 5.54. The number of rotatable bonds is 8. The van der Waals surface area contributed by atoms with Crippen molar-refractivity contribution < 1.29 is 4.79 Å². The number of hydrogen-bond acceptors (Lipinski definition) is 3. The smallest absolute Gasteiger partial charge is 0.235 e. The average Bonchev–Trinajstić information content (AvgIpc) is 2.48. The quantitative estimate of drug-likeness (QED) is 0.697. The number of amides is 1. The predicted molar refractivity (Wildman–Crippen MR) is 98.0 cm³/mol. The number of halogens is 2. The van der Waals surface area contributed by atoms with Crippen molar-refractivity contribution in [2.45, 2.75) is 25.1 Å². The normalized spacial score (nSPS) is 12.5. The van der Waals surface area contributed by atoms with Gasteiger partial charge in [-0.2, -0.15) is 11.8 Å². The highest BCUT2D eigenvalue weighted by Gasteiger charge is 2.20. The maximum Gasteiger partial charge on any atom is 0.235 e. The summed E-state index contributed by atoms with van der Waals surface area (Å²) in [4.78, 5) is 16.6. The molecule has 0 N–H and O–H groups in total. The fourth-order valence-corrected chi connectivity index (χ4v) is 2.73. The van der Waals surface area contributed by atoms with Crippen LogP contribution in [0.3, 0.4) is 0 Å². The summed E-state index contributed by atoms with van der Waals surface area (Å²) in [6.45, 7) is 4.20. The van der Waals surface area contributed by atoms with Crippen LogP contribution in [-0.2, 0) is 11.3 Å². The lowest BCUT2D eigenvalue weighted by molar-refractivity contribution is -0.131. The van der Waals surface area contributed by atoms with Gasteiger partial charge in [0, 0.05) is 13.1 Å². The van der Waals surface area contributed by atoms with Crippen molar-refractivity contribution in [3.8, 4) is 0 Å². The Labute approximate surface area is 147 Å². The summed E-state index contributed by atoms with van der Waals surface area (Å²) in [6, 6.07) is 5.53. The van der Waals surface area contributed by atoms with Crippen LogP contribution in [0.1, 0.15) is 18.9 Å². The summed E-state index contributed by atoms with van der Waals surface area (Å²) in [5.74, 6) is 0.164. The Balaban J connectivity index is 2.79. The summed E-state index contributed by atoms with van der Waals surface area (Å²) < 4.78 is 0. The largest absolute Gasteiger partial charge is 0.337 e. The molecular weight excluding hydrogens is 339 g/mol. The molecule has 0 aromatic heterocycles. The third-order valence-corrected chi connectivity index (χ3v) is 5.05. The van der Waals surface area contributed by atoms with Crippen molar-refractivity contribution in [1.29, 1.82) is 0 Å². The third-order valence-electron chi connectivity index (χ3n) is 3.40. The van der Waals surface area contributed by atoms with Gasteiger partial charge in [0.05, 0.1) is 15.3 Å². The minimum atomic E-state index is -0.0397. The summed E-state index contributed by atoms with van der Waals surface area (Å²) in [7, 11) is 4.07. The van der Waals surface area contributed by atoms with Gasteiger partial charge in [-0.15, -0.1) is 0 Å². The molecule has 1 aromatic rings. The van der Waals surface area contributed by atoms with Crippen LogP contribution in [0.25, 0.3) is 0 Å². The molecule has 1 atom stereocenters. The molecular formula is C16H24Cl2N2OS. The van der Waals surface area contributed by atoms with Crippen molar-refractivity contribution in [3.63, 3.8) is 0 Å². The van der Waals surface area contributed by atoms with Gasteiger partial charge in [0.2, 0.25) is 5.91 Å². The van der Waals surface area contributed by atoms with Crippen molar-refractivity contribution in [2.24, 2.45) is 0 Å². The fourth-order valence-electron chi connectivity index (χ4n) is 2.06. The van der Waals surface area contributed by atoms with Crippen LogP contribution in [0.5, 0.6) is 0 Å². The molecule has 22 heavy (non-hydrogen) atoms. The number of benzene rings is 1. The monoisotopic (exact) mass is 362 g/mol. The van der Waals surface area contributed by atoms with Gasteiger partial charge in [0.1, 0.15) is 0 Å². The van der Waals surface area contributed by atoms with Crippen LogP contribution in [0, 0.1) is 0 Å². The van der Waals surface area contributed by atoms with E-state index in [1.165, 1.54) is 0 Å². The van der Waals surface area contributed by atoms with Crippen molar-refractivity contribution in [2.75, 3.05) is 33.4 Å². The van der Waals surface area contributed by atoms with E-state index in [1.807, 2.05) is 44.3 Å². The Morgan fingerprint density at radius 2 is 1.91 bits per heavy atom. The highest BCUT2D eigenvalue weighted by molar-refractivity contribution is 7.99. The molecule has 3 nitrogen and oxygen atoms in total. The van der Waals surface area contributed by atoms with E-state index in [0.717, 1.165) is 25.1 Å². The maximum absolute atomic E-state index is 12.5. The van der Waals surface area contributed by atoms with Crippen LogP contribution < -0.4 is 0 Å². The highest BCUT2D eigenvalue weighted by Crippen LogP contribution is 2.23. The Bertz CT molecular complexity index is 497. The van der Waals surface area contributed by atoms with Crippen molar-refractivity contribution in [1.82, 2.24) is 9.80 Å². The Kier molecular flexibility index (Phi) is 8.62. The molecule has 0 saturated carbocycles. The van der Waals surface area contributed by atoms with Crippen LogP contribution in [0.15, 0.2) is 18.2 Å². The zero-order valence-electron chi connectivity index (χ0n) is 13.6. The molecule has 124 valence electrons. The second-order valence-corrected chi connectivity index (χ2v) is 7.54. The van der Waals surface area contributed by atoms with Gasteiger partial charge < -0.3 is 9.80 Å². The van der Waals surface area contributed by atoms with Crippen LogP contribution in [-0.4, -0.2) is 54.4 Å². The molecule has 1 rings (SSSR count). The number of carbonyl (C=O) groups is 1. The first-order valence-corrected chi connectivity index (χ1v) is 9.29. The van der Waals surface area contributed by atoms with Crippen molar-refractivity contribution in [3.05, 3.63) is 33.8 Å². The van der Waals surface area contributed by atoms with Gasteiger partial charge in [-0.1, -0.05) is 29.3 Å². The van der Waals surface area contributed by atoms with E-state index in [0.29, 0.717) is 16.6 Å². The first kappa shape index (κ1) is 19.6. The lowest BCUT2D eigenvalue weighted by Crippen LogP contribution is -2.37. The summed E-state index contributed by atoms with van der Waals surface area (Å²) in [5.41, 5.74) is 1.00. The molecule has 1 unspecified atom stereocenters. The van der Waals surface area contributed by atoms with E-state index in [4.69, 9.17) is 23.2 Å². The van der Waals surface area contributed by atoms with E-state index in [1.54, 1.807) is 17.8 Å². The van der Waals surface area contributed by atoms with E-state index in [9.17, 15) is 4.79 Å². The summed E-state index contributed by atoms with van der Waals surface area (Å²) >= 11 is 13.6. The molecule has 6 heteroatoms. The molecule has 0 radical (unpaired) electrons. The third kappa shape index (κ3) is 6.37. The molecule has 0 heterocycles. The van der Waals surface area contributed by atoms with Gasteiger partial charge in [-0.3, -0.25) is 4.79 Å². The molecule has 0 spiro atoms. The first-order chi connectivity index (χ1) is 10.3. The lowest BCUT2D eigenvalue weighted by Gasteiger charge is -2.26. The zero-order valence-corrected chi connectivity index (χ0v) is 15.9. The van der Waals surface area contributed by atoms with E-state index in [2.05, 4.69) is 4.90 Å². The average molecular weight is 363 g/mol. The summed E-state index contributed by atoms with van der Waals surface area (Å²) in [5, 5.41) is 1.02. The Hall–Kier alpha value is -0.420. The standard InChI is InChI=1S/C16H24Cl2N2OS/c1-12(22-4)16(21)20(9-5-8-19(2)3)11-13-6-7-14(17)15(18)10-13/h6-7,10,12H,5,8-9,11H2,1-4H3. The minimum Gasteiger partial charge on any atom is -0.337 e. The number of carbonyl (C=O) groups excluding carboxylic acids is 1. The number of hydrogen-bond donors (Lipinski definition) is 0. The van der Waals surface area contributed by atoms with Crippen LogP contribution in [0.2, 0.25) is 10.0 Å². The van der Waals surface area contributed by atoms with Gasteiger partial charge in [0.25, 0.3) is 0 Å². The second kappa shape index (κ2) is 9.66. The topological polar surface area (TPSA) is 23.6 Å². The lowest BCUT2D eigenvalue weighted by atomic mass is 10.2. The van der Waals surface area contributed by atoms with Crippen LogP contribution in [0.4, 0.5) is 0 Å². The van der Waals surface area contributed by atoms with E-state index >= 15 is 0 Å². The minimum absolute atomic E-state index is 0.0397. The predicted octanol–water partition coefficient (Wildman–Crippen LogP) is 4.03. The van der Waals surface area contributed by atoms with Gasteiger partial charge in [-0.25, -0.2) is 0 Å². The number of nitrogens with zero attached hydrogens (tertiary/aromatic N) is 2. The molecule has 0 saturated heterocycles. The first-order valence-electron chi connectivity index (χ1n) is 7.25. The van der Waals surface area contributed by atoms with Gasteiger partial charge >= 0.3 is 0 Å². The fraction of sp³-hybridized carbons (Fsp3) is 0.562.